The molecule has 16 heteroatoms. The van der Waals surface area contributed by atoms with Crippen molar-refractivity contribution in [3.63, 3.8) is 0 Å². The molecule has 33 heavy (non-hydrogen) atoms. The van der Waals surface area contributed by atoms with Gasteiger partial charge in [-0.2, -0.15) is 39.2 Å². The quantitative estimate of drug-likeness (QED) is 0.118. The first kappa shape index (κ1) is 29.1. The number of hydrogen-bond acceptors (Lipinski definition) is 6. The molecular weight excluding hydrogens is 495 g/mol. The third-order valence-electron chi connectivity index (χ3n) is 4.57. The van der Waals surface area contributed by atoms with Crippen LogP contribution in [0.25, 0.3) is 0 Å². The molecule has 0 saturated carbocycles. The van der Waals surface area contributed by atoms with Crippen molar-refractivity contribution < 1.29 is 62.8 Å². The van der Waals surface area contributed by atoms with Gasteiger partial charge in [-0.05, 0) is 32.6 Å². The van der Waals surface area contributed by atoms with Crippen molar-refractivity contribution in [2.24, 2.45) is 0 Å². The fraction of sp³-hybridized carbons (Fsp3) is 0.765. The summed E-state index contributed by atoms with van der Waals surface area (Å²) >= 11 is 0. The van der Waals surface area contributed by atoms with E-state index in [2.05, 4.69) is 16.1 Å². The average Bonchev–Trinajstić information content (AvgIpc) is 2.68. The van der Waals surface area contributed by atoms with Crippen LogP contribution in [0.4, 0.5) is 30.7 Å². The normalized spacial score (nSPS) is 17.9. The van der Waals surface area contributed by atoms with Gasteiger partial charge < -0.3 is 14.4 Å². The molecule has 8 nitrogen and oxygen atoms in total. The number of nitrogens with zero attached hydrogens (tertiary/aromatic N) is 1. The van der Waals surface area contributed by atoms with Crippen molar-refractivity contribution in [1.82, 2.24) is 4.90 Å². The van der Waals surface area contributed by atoms with Crippen molar-refractivity contribution in [1.29, 1.82) is 0 Å². The summed E-state index contributed by atoms with van der Waals surface area (Å²) in [6, 6.07) is 0. The number of esters is 1. The first-order chi connectivity index (χ1) is 14.8. The first-order valence-electron chi connectivity index (χ1n) is 9.42. The molecule has 1 amide bonds. The van der Waals surface area contributed by atoms with E-state index in [1.807, 2.05) is 0 Å². The fourth-order valence-electron chi connectivity index (χ4n) is 2.76. The monoisotopic (exact) mass is 517 g/mol. The molecule has 192 valence electrons. The number of alkyl halides is 7. The molecule has 1 atom stereocenters. The lowest BCUT2D eigenvalue weighted by Gasteiger charge is -2.38. The Morgan fingerprint density at radius 3 is 1.97 bits per heavy atom. The summed E-state index contributed by atoms with van der Waals surface area (Å²) in [5, 5.41) is -5.93. The number of piperidine rings is 1. The zero-order valence-corrected chi connectivity index (χ0v) is 18.1. The predicted molar refractivity (Wildman–Crippen MR) is 96.8 cm³/mol. The molecule has 0 aromatic carbocycles. The van der Waals surface area contributed by atoms with E-state index in [0.29, 0.717) is 24.2 Å². The zero-order valence-electron chi connectivity index (χ0n) is 17.3. The Kier molecular flexibility index (Phi) is 8.93. The first-order valence-corrected chi connectivity index (χ1v) is 10.9. The van der Waals surface area contributed by atoms with E-state index >= 15 is 0 Å². The van der Waals surface area contributed by atoms with E-state index < -0.39 is 70.2 Å². The number of halogens is 7. The highest BCUT2D eigenvalue weighted by atomic mass is 32.2. The van der Waals surface area contributed by atoms with Crippen LogP contribution >= 0.6 is 0 Å². The van der Waals surface area contributed by atoms with Gasteiger partial charge in [-0.25, -0.2) is 4.79 Å². The average molecular weight is 517 g/mol. The van der Waals surface area contributed by atoms with E-state index in [1.165, 1.54) is 0 Å². The highest BCUT2D eigenvalue weighted by molar-refractivity contribution is 7.87. The molecule has 0 spiro atoms. The third-order valence-corrected chi connectivity index (χ3v) is 5.52. The molecule has 1 N–H and O–H groups in total. The van der Waals surface area contributed by atoms with Crippen LogP contribution in [0.3, 0.4) is 0 Å². The maximum absolute atomic E-state index is 14.0. The van der Waals surface area contributed by atoms with Gasteiger partial charge in [-0.15, -0.1) is 0 Å². The maximum Gasteiger partial charge on any atom is 0.466 e. The standard InChI is InChI=1S/C17H22F7NO7S/c1-11(2)12(26)32-15(16(20,21)22,13(27)25-8-4-3-5-9-25)31-10-6-7-14(18,19)17(23,24)33(28,29)30/h1,3-10H2,2H3,(H,28,29,30). The minimum Gasteiger partial charge on any atom is -0.412 e. The topological polar surface area (TPSA) is 110 Å². The molecule has 1 unspecified atom stereocenters. The molecule has 1 rings (SSSR count). The second-order valence-corrected chi connectivity index (χ2v) is 8.75. The van der Waals surface area contributed by atoms with Crippen LogP contribution < -0.4 is 0 Å². The number of hydrogen-bond donors (Lipinski definition) is 1. The van der Waals surface area contributed by atoms with Crippen LogP contribution in [0.1, 0.15) is 39.0 Å². The van der Waals surface area contributed by atoms with Gasteiger partial charge in [0.1, 0.15) is 0 Å². The van der Waals surface area contributed by atoms with Gasteiger partial charge in [0.05, 0.1) is 6.61 Å². The number of likely N-dealkylation sites (tertiary alicyclic amines) is 1. The number of amides is 1. The van der Waals surface area contributed by atoms with Crippen molar-refractivity contribution in [3.8, 4) is 0 Å². The molecule has 0 aromatic rings. The van der Waals surface area contributed by atoms with Gasteiger partial charge in [0, 0.05) is 25.1 Å². The number of rotatable bonds is 10. The summed E-state index contributed by atoms with van der Waals surface area (Å²) in [4.78, 5) is 25.2. The van der Waals surface area contributed by atoms with Gasteiger partial charge in [-0.1, -0.05) is 6.58 Å². The second kappa shape index (κ2) is 10.1. The van der Waals surface area contributed by atoms with E-state index in [1.54, 1.807) is 0 Å². The summed E-state index contributed by atoms with van der Waals surface area (Å²) in [7, 11) is -6.55. The van der Waals surface area contributed by atoms with E-state index in [4.69, 9.17) is 4.55 Å². The molecule has 1 heterocycles. The molecule has 0 bridgehead atoms. The number of carbonyl (C=O) groups excluding carboxylic acids is 2. The van der Waals surface area contributed by atoms with Crippen LogP contribution in [0.5, 0.6) is 0 Å². The predicted octanol–water partition coefficient (Wildman–Crippen LogP) is 3.29. The number of ether oxygens (including phenoxy) is 2. The smallest absolute Gasteiger partial charge is 0.412 e. The Hall–Kier alpha value is -1.94. The summed E-state index contributed by atoms with van der Waals surface area (Å²) in [5.41, 5.74) is -0.557. The van der Waals surface area contributed by atoms with Crippen molar-refractivity contribution in [3.05, 3.63) is 12.2 Å². The molecule has 1 aliphatic rings. The summed E-state index contributed by atoms with van der Waals surface area (Å²) in [6.45, 7) is 2.28. The Balaban J connectivity index is 3.17. The molecule has 0 aromatic heterocycles. The van der Waals surface area contributed by atoms with Gasteiger partial charge in [0.15, 0.2) is 0 Å². The molecule has 0 radical (unpaired) electrons. The highest BCUT2D eigenvalue weighted by Gasteiger charge is 2.68. The lowest BCUT2D eigenvalue weighted by Crippen LogP contribution is -2.63. The van der Waals surface area contributed by atoms with Crippen LogP contribution in [0.2, 0.25) is 0 Å². The van der Waals surface area contributed by atoms with Gasteiger partial charge in [-0.3, -0.25) is 9.35 Å². The minimum absolute atomic E-state index is 0.150. The lowest BCUT2D eigenvalue weighted by molar-refractivity contribution is -0.351. The molecule has 1 saturated heterocycles. The van der Waals surface area contributed by atoms with Crippen LogP contribution in [0, 0.1) is 0 Å². The molecular formula is C17H22F7NO7S. The minimum atomic E-state index is -6.55. The SMILES string of the molecule is C=C(C)C(=O)OC(OCCCC(F)(F)C(F)(F)S(=O)(=O)O)(C(=O)N1CCCCC1)C(F)(F)F. The molecule has 1 fully saturated rings. The Labute approximate surface area is 184 Å². The Bertz CT molecular complexity index is 854. The van der Waals surface area contributed by atoms with Crippen molar-refractivity contribution in [2.75, 3.05) is 19.7 Å². The maximum atomic E-state index is 14.0. The third kappa shape index (κ3) is 6.35. The highest BCUT2D eigenvalue weighted by Crippen LogP contribution is 2.42. The van der Waals surface area contributed by atoms with Crippen LogP contribution in [-0.2, 0) is 29.2 Å². The van der Waals surface area contributed by atoms with Crippen LogP contribution in [-0.4, -0.2) is 72.6 Å². The summed E-state index contributed by atoms with van der Waals surface area (Å²) < 4.78 is 134. The van der Waals surface area contributed by atoms with Gasteiger partial charge >= 0.3 is 45.1 Å². The summed E-state index contributed by atoms with van der Waals surface area (Å²) in [5.74, 6) is -13.2. The van der Waals surface area contributed by atoms with Gasteiger partial charge in [0.2, 0.25) is 0 Å². The van der Waals surface area contributed by atoms with E-state index in [0.717, 1.165) is 6.92 Å². The van der Waals surface area contributed by atoms with Crippen LogP contribution in [0.15, 0.2) is 12.2 Å². The Morgan fingerprint density at radius 2 is 1.55 bits per heavy atom. The number of carbonyl (C=O) groups is 2. The fourth-order valence-corrected chi connectivity index (χ4v) is 3.24. The largest absolute Gasteiger partial charge is 0.466 e. The summed E-state index contributed by atoms with van der Waals surface area (Å²) in [6.07, 6.45) is -7.86. The lowest BCUT2D eigenvalue weighted by atomic mass is 10.1. The van der Waals surface area contributed by atoms with E-state index in [-0.39, 0.29) is 13.1 Å². The van der Waals surface area contributed by atoms with Crippen molar-refractivity contribution >= 4 is 22.0 Å². The van der Waals surface area contributed by atoms with Crippen molar-refractivity contribution in [2.45, 2.75) is 62.2 Å². The zero-order chi connectivity index (χ0) is 25.9. The molecule has 1 aliphatic heterocycles. The Morgan fingerprint density at radius 1 is 1.03 bits per heavy atom. The van der Waals surface area contributed by atoms with Gasteiger partial charge in [0.25, 0.3) is 0 Å². The van der Waals surface area contributed by atoms with E-state index in [9.17, 15) is 48.7 Å². The molecule has 0 aliphatic carbocycles. The second-order valence-electron chi connectivity index (χ2n) is 7.29.